The molecular formula is C17H25N3O2. The molecule has 22 heavy (non-hydrogen) atoms. The number of rotatable bonds is 5. The highest BCUT2D eigenvalue weighted by molar-refractivity contribution is 5.89. The van der Waals surface area contributed by atoms with Gasteiger partial charge in [0.25, 0.3) is 0 Å². The van der Waals surface area contributed by atoms with E-state index in [9.17, 15) is 9.59 Å². The highest BCUT2D eigenvalue weighted by atomic mass is 16.2. The molecule has 2 rings (SSSR count). The van der Waals surface area contributed by atoms with Crippen LogP contribution >= 0.6 is 0 Å². The number of hydrogen-bond acceptors (Lipinski definition) is 3. The van der Waals surface area contributed by atoms with Gasteiger partial charge in [0.2, 0.25) is 11.8 Å². The van der Waals surface area contributed by atoms with Crippen LogP contribution < -0.4 is 11.1 Å². The normalized spacial score (nSPS) is 18.6. The van der Waals surface area contributed by atoms with Gasteiger partial charge in [-0.05, 0) is 26.3 Å². The largest absolute Gasteiger partial charge is 0.354 e. The number of hydrogen-bond donors (Lipinski definition) is 2. The molecule has 1 aliphatic heterocycles. The molecule has 1 unspecified atom stereocenters. The number of likely N-dealkylation sites (tertiary alicyclic amines) is 1. The van der Waals surface area contributed by atoms with Gasteiger partial charge < -0.3 is 16.0 Å². The summed E-state index contributed by atoms with van der Waals surface area (Å²) < 4.78 is 0. The fourth-order valence-electron chi connectivity index (χ4n) is 2.47. The van der Waals surface area contributed by atoms with E-state index in [1.165, 1.54) is 5.56 Å². The van der Waals surface area contributed by atoms with E-state index in [1.54, 1.807) is 4.90 Å². The standard InChI is InChI=1S/C17H25N3O2/c1-12-4-6-13(7-5-12)9-20-10-14(8-15(20)21)16(22)19-11-17(2,3)18/h4-7,14H,8-11,18H2,1-3H3,(H,19,22). The molecule has 1 atom stereocenters. The molecule has 1 heterocycles. The van der Waals surface area contributed by atoms with Crippen LogP contribution in [0.5, 0.6) is 0 Å². The summed E-state index contributed by atoms with van der Waals surface area (Å²) in [4.78, 5) is 26.0. The average molecular weight is 303 g/mol. The molecular weight excluding hydrogens is 278 g/mol. The Morgan fingerprint density at radius 3 is 2.59 bits per heavy atom. The molecule has 1 aromatic rings. The lowest BCUT2D eigenvalue weighted by atomic mass is 10.1. The van der Waals surface area contributed by atoms with Crippen LogP contribution in [0.3, 0.4) is 0 Å². The Labute approximate surface area is 131 Å². The van der Waals surface area contributed by atoms with Gasteiger partial charge in [-0.2, -0.15) is 0 Å². The van der Waals surface area contributed by atoms with Crippen LogP contribution in [-0.2, 0) is 16.1 Å². The zero-order chi connectivity index (χ0) is 16.3. The zero-order valence-corrected chi connectivity index (χ0v) is 13.6. The Bertz CT molecular complexity index is 546. The van der Waals surface area contributed by atoms with Gasteiger partial charge in [-0.25, -0.2) is 0 Å². The molecule has 0 saturated carbocycles. The first-order chi connectivity index (χ1) is 10.2. The van der Waals surface area contributed by atoms with Crippen molar-refractivity contribution in [3.63, 3.8) is 0 Å². The van der Waals surface area contributed by atoms with Crippen molar-refractivity contribution in [2.24, 2.45) is 11.7 Å². The highest BCUT2D eigenvalue weighted by Gasteiger charge is 2.34. The number of carbonyl (C=O) groups is 2. The topological polar surface area (TPSA) is 75.4 Å². The lowest BCUT2D eigenvalue weighted by Gasteiger charge is -2.21. The predicted molar refractivity (Wildman–Crippen MR) is 86.0 cm³/mol. The van der Waals surface area contributed by atoms with Crippen molar-refractivity contribution in [3.8, 4) is 0 Å². The number of carbonyl (C=O) groups excluding carboxylic acids is 2. The fraction of sp³-hybridized carbons (Fsp3) is 0.529. The van der Waals surface area contributed by atoms with Gasteiger partial charge in [0.05, 0.1) is 5.92 Å². The van der Waals surface area contributed by atoms with Crippen LogP contribution in [0.1, 0.15) is 31.4 Å². The van der Waals surface area contributed by atoms with Crippen LogP contribution in [0.4, 0.5) is 0 Å². The minimum Gasteiger partial charge on any atom is -0.354 e. The Morgan fingerprint density at radius 1 is 1.36 bits per heavy atom. The smallest absolute Gasteiger partial charge is 0.225 e. The number of nitrogens with zero attached hydrogens (tertiary/aromatic N) is 1. The molecule has 5 heteroatoms. The van der Waals surface area contributed by atoms with E-state index in [4.69, 9.17) is 5.73 Å². The molecule has 0 bridgehead atoms. The molecule has 0 aliphatic carbocycles. The van der Waals surface area contributed by atoms with Crippen LogP contribution in [0, 0.1) is 12.8 Å². The molecule has 5 nitrogen and oxygen atoms in total. The van der Waals surface area contributed by atoms with Crippen molar-refractivity contribution in [1.29, 1.82) is 0 Å². The Kier molecular flexibility index (Phi) is 4.86. The summed E-state index contributed by atoms with van der Waals surface area (Å²) in [6.07, 6.45) is 0.280. The summed E-state index contributed by atoms with van der Waals surface area (Å²) >= 11 is 0. The van der Waals surface area contributed by atoms with E-state index in [1.807, 2.05) is 45.0 Å². The van der Waals surface area contributed by atoms with Gasteiger partial charge in [0.1, 0.15) is 0 Å². The number of nitrogens with one attached hydrogen (secondary N) is 1. The van der Waals surface area contributed by atoms with E-state index in [-0.39, 0.29) is 24.2 Å². The third kappa shape index (κ3) is 4.56. The zero-order valence-electron chi connectivity index (χ0n) is 13.6. The molecule has 1 aliphatic rings. The quantitative estimate of drug-likeness (QED) is 0.858. The first kappa shape index (κ1) is 16.5. The van der Waals surface area contributed by atoms with E-state index < -0.39 is 5.54 Å². The lowest BCUT2D eigenvalue weighted by molar-refractivity contribution is -0.129. The number of nitrogens with two attached hydrogens (primary N) is 1. The summed E-state index contributed by atoms with van der Waals surface area (Å²) in [7, 11) is 0. The van der Waals surface area contributed by atoms with Crippen molar-refractivity contribution < 1.29 is 9.59 Å². The average Bonchev–Trinajstić information content (AvgIpc) is 2.79. The number of amides is 2. The summed E-state index contributed by atoms with van der Waals surface area (Å²) in [6.45, 7) is 7.20. The van der Waals surface area contributed by atoms with E-state index in [0.29, 0.717) is 19.6 Å². The second-order valence-electron chi connectivity index (χ2n) is 6.87. The van der Waals surface area contributed by atoms with E-state index in [0.717, 1.165) is 5.56 Å². The van der Waals surface area contributed by atoms with Gasteiger partial charge in [-0.3, -0.25) is 9.59 Å². The lowest BCUT2D eigenvalue weighted by Crippen LogP contribution is -2.46. The molecule has 1 saturated heterocycles. The second kappa shape index (κ2) is 6.48. The van der Waals surface area contributed by atoms with Crippen molar-refractivity contribution >= 4 is 11.8 Å². The maximum absolute atomic E-state index is 12.1. The van der Waals surface area contributed by atoms with Crippen molar-refractivity contribution in [1.82, 2.24) is 10.2 Å². The van der Waals surface area contributed by atoms with Crippen LogP contribution in [-0.4, -0.2) is 35.3 Å². The molecule has 3 N–H and O–H groups in total. The molecule has 0 radical (unpaired) electrons. The third-order valence-electron chi connectivity index (χ3n) is 3.80. The maximum Gasteiger partial charge on any atom is 0.225 e. The summed E-state index contributed by atoms with van der Waals surface area (Å²) in [5.74, 6) is -0.327. The third-order valence-corrected chi connectivity index (χ3v) is 3.80. The van der Waals surface area contributed by atoms with E-state index in [2.05, 4.69) is 5.32 Å². The second-order valence-corrected chi connectivity index (χ2v) is 6.87. The van der Waals surface area contributed by atoms with Crippen LogP contribution in [0.2, 0.25) is 0 Å². The first-order valence-electron chi connectivity index (χ1n) is 7.64. The number of benzene rings is 1. The molecule has 0 aromatic heterocycles. The highest BCUT2D eigenvalue weighted by Crippen LogP contribution is 2.20. The van der Waals surface area contributed by atoms with Gasteiger partial charge in [-0.1, -0.05) is 29.8 Å². The van der Waals surface area contributed by atoms with Crippen LogP contribution in [0.15, 0.2) is 24.3 Å². The van der Waals surface area contributed by atoms with Gasteiger partial charge in [0, 0.05) is 31.6 Å². The Hall–Kier alpha value is -1.88. The minimum atomic E-state index is -0.445. The summed E-state index contributed by atoms with van der Waals surface area (Å²) in [5.41, 5.74) is 7.69. The van der Waals surface area contributed by atoms with Crippen LogP contribution in [0.25, 0.3) is 0 Å². The maximum atomic E-state index is 12.1. The minimum absolute atomic E-state index is 0.0349. The van der Waals surface area contributed by atoms with Crippen molar-refractivity contribution in [3.05, 3.63) is 35.4 Å². The van der Waals surface area contributed by atoms with Gasteiger partial charge >= 0.3 is 0 Å². The molecule has 120 valence electrons. The van der Waals surface area contributed by atoms with Crippen molar-refractivity contribution in [2.75, 3.05) is 13.1 Å². The Morgan fingerprint density at radius 2 is 2.00 bits per heavy atom. The van der Waals surface area contributed by atoms with Gasteiger partial charge in [0.15, 0.2) is 0 Å². The Balaban J connectivity index is 1.90. The van der Waals surface area contributed by atoms with Gasteiger partial charge in [-0.15, -0.1) is 0 Å². The van der Waals surface area contributed by atoms with E-state index >= 15 is 0 Å². The first-order valence-corrected chi connectivity index (χ1v) is 7.64. The van der Waals surface area contributed by atoms with Crippen molar-refractivity contribution in [2.45, 2.75) is 39.3 Å². The molecule has 0 spiro atoms. The molecule has 2 amide bonds. The summed E-state index contributed by atoms with van der Waals surface area (Å²) in [5, 5.41) is 2.83. The monoisotopic (exact) mass is 303 g/mol. The predicted octanol–water partition coefficient (Wildman–Crippen LogP) is 1.20. The molecule has 1 fully saturated rings. The molecule has 1 aromatic carbocycles. The SMILES string of the molecule is Cc1ccc(CN2CC(C(=O)NCC(C)(C)N)CC2=O)cc1. The number of aryl methyl sites for hydroxylation is 1. The fourth-order valence-corrected chi connectivity index (χ4v) is 2.47. The summed E-state index contributed by atoms with van der Waals surface area (Å²) in [6, 6.07) is 8.10.